The van der Waals surface area contributed by atoms with Crippen molar-refractivity contribution in [2.75, 3.05) is 20.3 Å². The highest BCUT2D eigenvalue weighted by molar-refractivity contribution is 7.89. The van der Waals surface area contributed by atoms with Crippen molar-refractivity contribution in [3.05, 3.63) is 53.9 Å². The number of halogens is 3. The number of alkyl halides is 3. The van der Waals surface area contributed by atoms with E-state index in [1.54, 1.807) is 18.3 Å². The largest absolute Gasteiger partial charge is 0.573 e. The summed E-state index contributed by atoms with van der Waals surface area (Å²) in [4.78, 5) is 3.60. The minimum Gasteiger partial charge on any atom is -0.404 e. The molecule has 0 fully saturated rings. The first-order chi connectivity index (χ1) is 13.3. The lowest BCUT2D eigenvalue weighted by molar-refractivity contribution is -0.275. The number of rotatable bonds is 3. The van der Waals surface area contributed by atoms with Crippen LogP contribution >= 0.6 is 0 Å². The minimum absolute atomic E-state index is 0.00296. The normalized spacial score (nSPS) is 15.5. The van der Waals surface area contributed by atoms with Gasteiger partial charge in [0.2, 0.25) is 10.0 Å². The number of benzene rings is 1. The Morgan fingerprint density at radius 1 is 1.18 bits per heavy atom. The second-order valence-electron chi connectivity index (χ2n) is 5.49. The summed E-state index contributed by atoms with van der Waals surface area (Å²) in [5.41, 5.74) is 1.22. The van der Waals surface area contributed by atoms with E-state index in [9.17, 15) is 21.6 Å². The van der Waals surface area contributed by atoms with Crippen LogP contribution in [0.25, 0.3) is 0 Å². The standard InChI is InChI=1S/C16H15F3N2O4S.CH4O/c17-16(18,19)25-14-5-1-2-6-15(14)26(22,23)21-8-9-24-11-13-12(10-21)4-3-7-20-13;1-2/h1-7H,8-11H2;2H,1H3. The smallest absolute Gasteiger partial charge is 0.404 e. The number of ether oxygens (including phenoxy) is 2. The first-order valence-electron chi connectivity index (χ1n) is 8.07. The van der Waals surface area contributed by atoms with Gasteiger partial charge < -0.3 is 14.6 Å². The van der Waals surface area contributed by atoms with Gasteiger partial charge in [0, 0.05) is 26.4 Å². The maximum atomic E-state index is 13.0. The molecule has 154 valence electrons. The number of hydrogen-bond donors (Lipinski definition) is 1. The van der Waals surface area contributed by atoms with E-state index in [4.69, 9.17) is 9.84 Å². The SMILES string of the molecule is CO.O=S(=O)(c1ccccc1OC(F)(F)F)N1CCOCc2ncccc2C1. The lowest BCUT2D eigenvalue weighted by Gasteiger charge is -2.26. The Balaban J connectivity index is 0.00000136. The molecule has 1 aliphatic rings. The van der Waals surface area contributed by atoms with Crippen LogP contribution in [0.4, 0.5) is 13.2 Å². The molecule has 2 heterocycles. The number of aliphatic hydroxyl groups is 1. The molecule has 2 aromatic rings. The zero-order valence-electron chi connectivity index (χ0n) is 14.9. The number of para-hydroxylation sites is 1. The third-order valence-corrected chi connectivity index (χ3v) is 5.63. The Morgan fingerprint density at radius 2 is 1.89 bits per heavy atom. The Kier molecular flexibility index (Phi) is 7.35. The molecule has 0 saturated heterocycles. The molecule has 0 bridgehead atoms. The maximum absolute atomic E-state index is 13.0. The Labute approximate surface area is 160 Å². The summed E-state index contributed by atoms with van der Waals surface area (Å²) in [5.74, 6) is -0.769. The molecule has 1 aromatic heterocycles. The zero-order chi connectivity index (χ0) is 20.8. The Morgan fingerprint density at radius 3 is 2.61 bits per heavy atom. The van der Waals surface area contributed by atoms with E-state index in [0.29, 0.717) is 11.3 Å². The Bertz CT molecular complexity index is 890. The van der Waals surface area contributed by atoms with Crippen molar-refractivity contribution < 1.29 is 36.2 Å². The van der Waals surface area contributed by atoms with Crippen molar-refractivity contribution in [2.45, 2.75) is 24.4 Å². The highest BCUT2D eigenvalue weighted by Crippen LogP contribution is 2.32. The highest BCUT2D eigenvalue weighted by atomic mass is 32.2. The van der Waals surface area contributed by atoms with Gasteiger partial charge in [0.15, 0.2) is 0 Å². The second-order valence-corrected chi connectivity index (χ2v) is 7.40. The van der Waals surface area contributed by atoms with Crippen LogP contribution in [-0.4, -0.2) is 49.4 Å². The third-order valence-electron chi connectivity index (χ3n) is 3.75. The summed E-state index contributed by atoms with van der Waals surface area (Å²) < 4.78 is 74.1. The van der Waals surface area contributed by atoms with E-state index in [1.165, 1.54) is 12.1 Å². The van der Waals surface area contributed by atoms with Gasteiger partial charge in [-0.25, -0.2) is 8.42 Å². The summed E-state index contributed by atoms with van der Waals surface area (Å²) in [6, 6.07) is 8.03. The van der Waals surface area contributed by atoms with Crippen LogP contribution in [-0.2, 0) is 27.9 Å². The van der Waals surface area contributed by atoms with E-state index in [2.05, 4.69) is 9.72 Å². The predicted molar refractivity (Wildman–Crippen MR) is 92.8 cm³/mol. The number of nitrogens with zero attached hydrogens (tertiary/aromatic N) is 2. The zero-order valence-corrected chi connectivity index (χ0v) is 15.7. The van der Waals surface area contributed by atoms with Gasteiger partial charge in [-0.3, -0.25) is 4.98 Å². The van der Waals surface area contributed by atoms with Crippen molar-refractivity contribution in [1.29, 1.82) is 0 Å². The fourth-order valence-corrected chi connectivity index (χ4v) is 4.08. The summed E-state index contributed by atoms with van der Waals surface area (Å²) in [5, 5.41) is 7.00. The molecule has 1 N–H and O–H groups in total. The van der Waals surface area contributed by atoms with Crippen molar-refractivity contribution in [3.63, 3.8) is 0 Å². The van der Waals surface area contributed by atoms with Crippen LogP contribution in [0.2, 0.25) is 0 Å². The molecule has 0 radical (unpaired) electrons. The summed E-state index contributed by atoms with van der Waals surface area (Å²) in [6.45, 7) is 0.321. The first-order valence-corrected chi connectivity index (χ1v) is 9.51. The summed E-state index contributed by atoms with van der Waals surface area (Å²) >= 11 is 0. The highest BCUT2D eigenvalue weighted by Gasteiger charge is 2.36. The molecule has 7 nitrogen and oxygen atoms in total. The minimum atomic E-state index is -5.00. The van der Waals surface area contributed by atoms with Gasteiger partial charge in [-0.05, 0) is 23.8 Å². The molecular formula is C17H19F3N2O5S. The monoisotopic (exact) mass is 420 g/mol. The van der Waals surface area contributed by atoms with Gasteiger partial charge >= 0.3 is 6.36 Å². The maximum Gasteiger partial charge on any atom is 0.573 e. The van der Waals surface area contributed by atoms with Crippen molar-refractivity contribution >= 4 is 10.0 Å². The lowest BCUT2D eigenvalue weighted by Crippen LogP contribution is -2.35. The molecular weight excluding hydrogens is 401 g/mol. The molecule has 1 aliphatic heterocycles. The van der Waals surface area contributed by atoms with E-state index < -0.39 is 27.0 Å². The van der Waals surface area contributed by atoms with E-state index in [1.807, 2.05) is 0 Å². The van der Waals surface area contributed by atoms with Crippen LogP contribution in [0.3, 0.4) is 0 Å². The van der Waals surface area contributed by atoms with Gasteiger partial charge in [0.1, 0.15) is 10.6 Å². The van der Waals surface area contributed by atoms with Gasteiger partial charge in [-0.15, -0.1) is 13.2 Å². The molecule has 0 amide bonds. The van der Waals surface area contributed by atoms with Crippen molar-refractivity contribution in [2.24, 2.45) is 0 Å². The number of aromatic nitrogens is 1. The number of aliphatic hydroxyl groups excluding tert-OH is 1. The molecule has 0 aliphatic carbocycles. The van der Waals surface area contributed by atoms with Crippen LogP contribution in [0.15, 0.2) is 47.5 Å². The van der Waals surface area contributed by atoms with Crippen molar-refractivity contribution in [3.8, 4) is 5.75 Å². The number of fused-ring (bicyclic) bond motifs is 1. The van der Waals surface area contributed by atoms with Gasteiger partial charge in [-0.2, -0.15) is 4.31 Å². The van der Waals surface area contributed by atoms with Crippen LogP contribution in [0.5, 0.6) is 5.75 Å². The molecule has 0 atom stereocenters. The third kappa shape index (κ3) is 5.41. The molecule has 0 unspecified atom stereocenters. The molecule has 0 spiro atoms. The van der Waals surface area contributed by atoms with Crippen LogP contribution in [0, 0.1) is 0 Å². The van der Waals surface area contributed by atoms with Crippen LogP contribution in [0.1, 0.15) is 11.3 Å². The summed E-state index contributed by atoms with van der Waals surface area (Å²) in [6.07, 6.45) is -3.43. The van der Waals surface area contributed by atoms with Crippen LogP contribution < -0.4 is 4.74 Å². The quantitative estimate of drug-likeness (QED) is 0.820. The fourth-order valence-electron chi connectivity index (χ4n) is 2.57. The number of pyridine rings is 1. The average molecular weight is 420 g/mol. The molecule has 11 heteroatoms. The van der Waals surface area contributed by atoms with Crippen molar-refractivity contribution in [1.82, 2.24) is 9.29 Å². The Hall–Kier alpha value is -2.21. The van der Waals surface area contributed by atoms with Gasteiger partial charge in [0.25, 0.3) is 0 Å². The molecule has 3 rings (SSSR count). The predicted octanol–water partition coefficient (Wildman–Crippen LogP) is 2.31. The molecule has 0 saturated carbocycles. The van der Waals surface area contributed by atoms with E-state index >= 15 is 0 Å². The van der Waals surface area contributed by atoms with E-state index in [-0.39, 0.29) is 26.3 Å². The average Bonchev–Trinajstić information content (AvgIpc) is 2.63. The molecule has 28 heavy (non-hydrogen) atoms. The second kappa shape index (κ2) is 9.32. The lowest BCUT2D eigenvalue weighted by atomic mass is 10.2. The number of hydrogen-bond acceptors (Lipinski definition) is 6. The van der Waals surface area contributed by atoms with Gasteiger partial charge in [0.05, 0.1) is 18.9 Å². The summed E-state index contributed by atoms with van der Waals surface area (Å²) in [7, 11) is -3.25. The fraction of sp³-hybridized carbons (Fsp3) is 0.353. The molecule has 1 aromatic carbocycles. The van der Waals surface area contributed by atoms with Gasteiger partial charge in [-0.1, -0.05) is 18.2 Å². The topological polar surface area (TPSA) is 89.0 Å². The number of sulfonamides is 1. The first kappa shape index (κ1) is 22.1. The van der Waals surface area contributed by atoms with E-state index in [0.717, 1.165) is 23.5 Å².